The molecule has 21 heavy (non-hydrogen) atoms. The highest BCUT2D eigenvalue weighted by molar-refractivity contribution is 5.85. The van der Waals surface area contributed by atoms with Gasteiger partial charge in [0, 0.05) is 31.7 Å². The molecule has 1 aromatic rings. The van der Waals surface area contributed by atoms with Crippen LogP contribution in [0.15, 0.2) is 18.2 Å². The first-order chi connectivity index (χ1) is 9.45. The Balaban J connectivity index is 0.00000220. The molecule has 0 saturated carbocycles. The summed E-state index contributed by atoms with van der Waals surface area (Å²) in [6, 6.07) is 1.90. The number of halogens is 5. The van der Waals surface area contributed by atoms with Crippen molar-refractivity contribution < 1.29 is 22.7 Å². The topological polar surface area (TPSA) is 35.5 Å². The quantitative estimate of drug-likeness (QED) is 0.835. The monoisotopic (exact) mass is 328 g/mol. The van der Waals surface area contributed by atoms with Crippen LogP contribution in [0.3, 0.4) is 0 Å². The Morgan fingerprint density at radius 1 is 1.24 bits per heavy atom. The molecular weight excluding hydrogens is 312 g/mol. The van der Waals surface area contributed by atoms with Gasteiger partial charge in [0.15, 0.2) is 0 Å². The summed E-state index contributed by atoms with van der Waals surface area (Å²) in [5.41, 5.74) is -1.49. The van der Waals surface area contributed by atoms with Crippen LogP contribution in [0.5, 0.6) is 0 Å². The van der Waals surface area contributed by atoms with E-state index in [-0.39, 0.29) is 12.4 Å². The molecule has 1 fully saturated rings. The summed E-state index contributed by atoms with van der Waals surface area (Å²) in [6.45, 7) is 1.59. The van der Waals surface area contributed by atoms with Crippen molar-refractivity contribution in [3.8, 4) is 0 Å². The van der Waals surface area contributed by atoms with Crippen molar-refractivity contribution in [1.82, 2.24) is 10.2 Å². The minimum atomic E-state index is -4.64. The van der Waals surface area contributed by atoms with Crippen molar-refractivity contribution in [2.45, 2.75) is 12.2 Å². The molecule has 2 rings (SSSR count). The third-order valence-electron chi connectivity index (χ3n) is 3.46. The third-order valence-corrected chi connectivity index (χ3v) is 3.46. The lowest BCUT2D eigenvalue weighted by molar-refractivity contribution is -0.139. The molecule has 1 atom stereocenters. The maximum Gasteiger partial charge on any atom is 0.416 e. The van der Waals surface area contributed by atoms with Gasteiger partial charge in [0.05, 0.1) is 18.2 Å². The average Bonchev–Trinajstić information content (AvgIpc) is 2.41. The highest BCUT2D eigenvalue weighted by Crippen LogP contribution is 2.37. The maximum absolute atomic E-state index is 13.9. The lowest BCUT2D eigenvalue weighted by atomic mass is 9.97. The zero-order chi connectivity index (χ0) is 14.8. The average molecular weight is 329 g/mol. The van der Waals surface area contributed by atoms with Gasteiger partial charge in [0.1, 0.15) is 5.82 Å². The van der Waals surface area contributed by atoms with Gasteiger partial charge in [0.25, 0.3) is 0 Å². The first-order valence-corrected chi connectivity index (χ1v) is 6.36. The summed E-state index contributed by atoms with van der Waals surface area (Å²) in [6.07, 6.45) is -4.64. The van der Waals surface area contributed by atoms with Crippen LogP contribution in [0.25, 0.3) is 0 Å². The van der Waals surface area contributed by atoms with Gasteiger partial charge in [-0.05, 0) is 12.1 Å². The van der Waals surface area contributed by atoms with Gasteiger partial charge in [-0.1, -0.05) is 6.07 Å². The molecule has 3 nitrogen and oxygen atoms in total. The summed E-state index contributed by atoms with van der Waals surface area (Å²) < 4.78 is 53.0. The summed E-state index contributed by atoms with van der Waals surface area (Å²) in [5.74, 6) is -0.933. The first-order valence-electron chi connectivity index (χ1n) is 6.36. The van der Waals surface area contributed by atoms with E-state index < -0.39 is 35.8 Å². The Labute approximate surface area is 126 Å². The molecule has 1 aliphatic heterocycles. The lowest BCUT2D eigenvalue weighted by Crippen LogP contribution is -2.46. The molecule has 0 amide bonds. The Kier molecular flexibility index (Phi) is 6.40. The predicted octanol–water partition coefficient (Wildman–Crippen LogP) is 2.20. The van der Waals surface area contributed by atoms with Crippen LogP contribution in [0.1, 0.15) is 17.2 Å². The number of nitrogens with zero attached hydrogens (tertiary/aromatic N) is 1. The minimum absolute atomic E-state index is 0. The molecule has 0 unspecified atom stereocenters. The van der Waals surface area contributed by atoms with Crippen LogP contribution in [0.2, 0.25) is 0 Å². The van der Waals surface area contributed by atoms with E-state index in [0.717, 1.165) is 18.2 Å². The molecule has 8 heteroatoms. The first kappa shape index (κ1) is 18.2. The van der Waals surface area contributed by atoms with Gasteiger partial charge < -0.3 is 10.4 Å². The number of rotatable bonds is 3. The van der Waals surface area contributed by atoms with E-state index in [0.29, 0.717) is 26.2 Å². The van der Waals surface area contributed by atoms with Crippen LogP contribution in [-0.2, 0) is 6.18 Å². The summed E-state index contributed by atoms with van der Waals surface area (Å²) in [4.78, 5) is 1.67. The molecule has 0 spiro atoms. The van der Waals surface area contributed by atoms with E-state index >= 15 is 0 Å². The Morgan fingerprint density at radius 2 is 1.86 bits per heavy atom. The molecule has 0 bridgehead atoms. The number of aliphatic hydroxyl groups excluding tert-OH is 1. The molecular formula is C13H17ClF4N2O. The zero-order valence-electron chi connectivity index (χ0n) is 11.2. The molecule has 0 aromatic heterocycles. The van der Waals surface area contributed by atoms with Crippen molar-refractivity contribution in [3.05, 3.63) is 35.1 Å². The van der Waals surface area contributed by atoms with Crippen LogP contribution in [0.4, 0.5) is 17.6 Å². The number of benzene rings is 1. The third kappa shape index (κ3) is 4.06. The molecule has 0 radical (unpaired) electrons. The van der Waals surface area contributed by atoms with Crippen LogP contribution >= 0.6 is 12.4 Å². The fraction of sp³-hybridized carbons (Fsp3) is 0.538. The molecule has 0 aliphatic carbocycles. The SMILES string of the molecule is Cl.OC[C@H](c1c(F)cccc1C(F)(F)F)N1CCNCC1. The van der Waals surface area contributed by atoms with E-state index in [4.69, 9.17) is 0 Å². The van der Waals surface area contributed by atoms with Gasteiger partial charge in [-0.2, -0.15) is 13.2 Å². The molecule has 1 heterocycles. The fourth-order valence-corrected chi connectivity index (χ4v) is 2.51. The standard InChI is InChI=1S/C13H16F4N2O.ClH/c14-10-3-1-2-9(13(15,16)17)12(10)11(8-20)19-6-4-18-5-7-19;/h1-3,11,18,20H,4-8H2;1H/t11-;/m1./s1. The van der Waals surface area contributed by atoms with E-state index in [1.807, 2.05) is 0 Å². The van der Waals surface area contributed by atoms with Crippen LogP contribution in [0, 0.1) is 5.82 Å². The molecule has 2 N–H and O–H groups in total. The summed E-state index contributed by atoms with van der Waals surface area (Å²) >= 11 is 0. The number of aliphatic hydroxyl groups is 1. The number of alkyl halides is 3. The number of hydrogen-bond donors (Lipinski definition) is 2. The van der Waals surface area contributed by atoms with Gasteiger partial charge in [-0.25, -0.2) is 4.39 Å². The molecule has 1 aromatic carbocycles. The van der Waals surface area contributed by atoms with Gasteiger partial charge >= 0.3 is 6.18 Å². The van der Waals surface area contributed by atoms with E-state index in [1.54, 1.807) is 4.90 Å². The van der Waals surface area contributed by atoms with Crippen molar-refractivity contribution in [1.29, 1.82) is 0 Å². The van der Waals surface area contributed by atoms with Gasteiger partial charge in [-0.15, -0.1) is 12.4 Å². The second-order valence-corrected chi connectivity index (χ2v) is 4.68. The summed E-state index contributed by atoms with van der Waals surface area (Å²) in [5, 5.41) is 12.5. The smallest absolute Gasteiger partial charge is 0.394 e. The van der Waals surface area contributed by atoms with Crippen molar-refractivity contribution >= 4 is 12.4 Å². The minimum Gasteiger partial charge on any atom is -0.394 e. The largest absolute Gasteiger partial charge is 0.416 e. The summed E-state index contributed by atoms with van der Waals surface area (Å²) in [7, 11) is 0. The number of hydrogen-bond acceptors (Lipinski definition) is 3. The fourth-order valence-electron chi connectivity index (χ4n) is 2.51. The number of nitrogens with one attached hydrogen (secondary N) is 1. The number of piperazine rings is 1. The lowest BCUT2D eigenvalue weighted by Gasteiger charge is -2.35. The molecule has 1 saturated heterocycles. The maximum atomic E-state index is 13.9. The Morgan fingerprint density at radius 3 is 2.38 bits per heavy atom. The van der Waals surface area contributed by atoms with Gasteiger partial charge in [-0.3, -0.25) is 4.90 Å². The highest BCUT2D eigenvalue weighted by Gasteiger charge is 2.38. The zero-order valence-corrected chi connectivity index (χ0v) is 12.0. The Bertz CT molecular complexity index is 464. The molecule has 1 aliphatic rings. The van der Waals surface area contributed by atoms with Crippen molar-refractivity contribution in [2.24, 2.45) is 0 Å². The van der Waals surface area contributed by atoms with Crippen LogP contribution < -0.4 is 5.32 Å². The van der Waals surface area contributed by atoms with Crippen molar-refractivity contribution in [3.63, 3.8) is 0 Å². The van der Waals surface area contributed by atoms with E-state index in [2.05, 4.69) is 5.32 Å². The van der Waals surface area contributed by atoms with E-state index in [9.17, 15) is 22.7 Å². The molecule has 120 valence electrons. The second kappa shape index (κ2) is 7.40. The van der Waals surface area contributed by atoms with Crippen molar-refractivity contribution in [2.75, 3.05) is 32.8 Å². The second-order valence-electron chi connectivity index (χ2n) is 4.68. The van der Waals surface area contributed by atoms with Gasteiger partial charge in [0.2, 0.25) is 0 Å². The van der Waals surface area contributed by atoms with E-state index in [1.165, 1.54) is 0 Å². The predicted molar refractivity (Wildman–Crippen MR) is 72.9 cm³/mol. The highest BCUT2D eigenvalue weighted by atomic mass is 35.5. The normalized spacial score (nSPS) is 18.1. The Hall–Kier alpha value is -0.890. The van der Waals surface area contributed by atoms with Crippen LogP contribution in [-0.4, -0.2) is 42.8 Å².